The first-order valence-electron chi connectivity index (χ1n) is 9.91. The van der Waals surface area contributed by atoms with Gasteiger partial charge in [-0.3, -0.25) is 4.79 Å². The summed E-state index contributed by atoms with van der Waals surface area (Å²) >= 11 is 0. The fourth-order valence-corrected chi connectivity index (χ4v) is 2.60. The van der Waals surface area contributed by atoms with E-state index in [1.54, 1.807) is 14.0 Å². The fourth-order valence-electron chi connectivity index (χ4n) is 2.60. The third-order valence-corrected chi connectivity index (χ3v) is 4.24. The van der Waals surface area contributed by atoms with E-state index >= 15 is 0 Å². The number of carbonyl (C=O) groups excluding carboxylic acids is 1. The van der Waals surface area contributed by atoms with Crippen molar-refractivity contribution in [2.45, 2.75) is 20.8 Å². The molecule has 0 fully saturated rings. The lowest BCUT2D eigenvalue weighted by atomic mass is 10.1. The van der Waals surface area contributed by atoms with E-state index in [0.717, 1.165) is 0 Å². The highest BCUT2D eigenvalue weighted by Gasteiger charge is 2.19. The zero-order valence-electron chi connectivity index (χ0n) is 18.3. The van der Waals surface area contributed by atoms with Crippen molar-refractivity contribution in [2.24, 2.45) is 0 Å². The molecule has 1 heterocycles. The Morgan fingerprint density at radius 2 is 1.70 bits per heavy atom. The zero-order valence-corrected chi connectivity index (χ0v) is 18.3. The number of likely N-dealkylation sites (N-methyl/N-ethyl adjacent to an activating group) is 1. The standard InChI is InChI=1S/C20H33N5O5/c1-5-25(6-7-28-10-11-30-13-12-29-9-8-27-4)20-17(14-21)15(2)18(22)19(24-20)23-16(3)26/h5-13,22H2,1-4H3,(H,23,24,26). The molecule has 168 valence electrons. The minimum atomic E-state index is -0.278. The normalized spacial score (nSPS) is 10.6. The second-order valence-corrected chi connectivity index (χ2v) is 6.40. The van der Waals surface area contributed by atoms with E-state index in [1.807, 2.05) is 11.8 Å². The minimum absolute atomic E-state index is 0.259. The molecule has 0 unspecified atom stereocenters. The molecule has 1 amide bonds. The summed E-state index contributed by atoms with van der Waals surface area (Å²) in [6.45, 7) is 9.72. The Labute approximate surface area is 178 Å². The number of pyridine rings is 1. The molecule has 0 saturated heterocycles. The van der Waals surface area contributed by atoms with Crippen molar-refractivity contribution in [1.82, 2.24) is 4.98 Å². The molecule has 0 radical (unpaired) electrons. The van der Waals surface area contributed by atoms with E-state index in [9.17, 15) is 10.1 Å². The topological polar surface area (TPSA) is 132 Å². The molecule has 3 N–H and O–H groups in total. The number of nitrogen functional groups attached to an aromatic ring is 1. The van der Waals surface area contributed by atoms with Gasteiger partial charge in [-0.25, -0.2) is 4.98 Å². The first kappa shape index (κ1) is 25.6. The van der Waals surface area contributed by atoms with Gasteiger partial charge in [0, 0.05) is 27.1 Å². The minimum Gasteiger partial charge on any atom is -0.395 e. The number of nitrogens with two attached hydrogens (primary N) is 1. The van der Waals surface area contributed by atoms with Crippen LogP contribution in [-0.2, 0) is 23.7 Å². The summed E-state index contributed by atoms with van der Waals surface area (Å²) in [5.41, 5.74) is 7.30. The number of amides is 1. The van der Waals surface area contributed by atoms with Crippen LogP contribution in [0.15, 0.2) is 0 Å². The van der Waals surface area contributed by atoms with Crippen LogP contribution >= 0.6 is 0 Å². The first-order valence-corrected chi connectivity index (χ1v) is 9.91. The van der Waals surface area contributed by atoms with Crippen molar-refractivity contribution in [3.63, 3.8) is 0 Å². The molecule has 1 rings (SSSR count). The summed E-state index contributed by atoms with van der Waals surface area (Å²) in [4.78, 5) is 17.8. The maximum absolute atomic E-state index is 11.4. The van der Waals surface area contributed by atoms with Crippen LogP contribution in [0.3, 0.4) is 0 Å². The van der Waals surface area contributed by atoms with E-state index in [-0.39, 0.29) is 11.7 Å². The third kappa shape index (κ3) is 8.51. The molecule has 0 spiro atoms. The number of nitrogens with zero attached hydrogens (tertiary/aromatic N) is 3. The molecule has 30 heavy (non-hydrogen) atoms. The van der Waals surface area contributed by atoms with Gasteiger partial charge in [0.1, 0.15) is 11.9 Å². The van der Waals surface area contributed by atoms with Crippen LogP contribution in [0, 0.1) is 18.3 Å². The highest BCUT2D eigenvalue weighted by molar-refractivity contribution is 5.92. The number of hydrogen-bond donors (Lipinski definition) is 2. The summed E-state index contributed by atoms with van der Waals surface area (Å²) in [6.07, 6.45) is 0. The van der Waals surface area contributed by atoms with Gasteiger partial charge in [0.15, 0.2) is 5.82 Å². The monoisotopic (exact) mass is 423 g/mol. The summed E-state index contributed by atoms with van der Waals surface area (Å²) in [5.74, 6) is 0.456. The quantitative estimate of drug-likeness (QED) is 0.401. The van der Waals surface area contributed by atoms with Crippen LogP contribution in [0.5, 0.6) is 0 Å². The van der Waals surface area contributed by atoms with Crippen LogP contribution in [0.2, 0.25) is 0 Å². The van der Waals surface area contributed by atoms with Crippen molar-refractivity contribution in [3.8, 4) is 6.07 Å². The fraction of sp³-hybridized carbons (Fsp3) is 0.650. The SMILES string of the molecule is CCN(CCOCCOCCOCCOC)c1nc(NC(C)=O)c(N)c(C)c1C#N. The molecule has 0 bridgehead atoms. The van der Waals surface area contributed by atoms with Gasteiger partial charge in [-0.2, -0.15) is 5.26 Å². The van der Waals surface area contributed by atoms with E-state index < -0.39 is 0 Å². The average Bonchev–Trinajstić information content (AvgIpc) is 2.72. The van der Waals surface area contributed by atoms with Crippen LogP contribution in [0.25, 0.3) is 0 Å². The number of nitrogens with one attached hydrogen (secondary N) is 1. The van der Waals surface area contributed by atoms with Gasteiger partial charge in [-0.1, -0.05) is 0 Å². The van der Waals surface area contributed by atoms with Gasteiger partial charge in [0.2, 0.25) is 5.91 Å². The average molecular weight is 424 g/mol. The largest absolute Gasteiger partial charge is 0.395 e. The number of aromatic nitrogens is 1. The second-order valence-electron chi connectivity index (χ2n) is 6.40. The summed E-state index contributed by atoms with van der Waals surface area (Å²) < 4.78 is 21.3. The van der Waals surface area contributed by atoms with Crippen molar-refractivity contribution >= 4 is 23.2 Å². The van der Waals surface area contributed by atoms with Crippen LogP contribution in [-0.4, -0.2) is 77.3 Å². The number of carbonyl (C=O) groups is 1. The Morgan fingerprint density at radius 3 is 2.20 bits per heavy atom. The smallest absolute Gasteiger partial charge is 0.222 e. The number of methoxy groups -OCH3 is 1. The Morgan fingerprint density at radius 1 is 1.13 bits per heavy atom. The number of nitriles is 1. The number of hydrogen-bond acceptors (Lipinski definition) is 9. The lowest BCUT2D eigenvalue weighted by Crippen LogP contribution is -2.30. The van der Waals surface area contributed by atoms with E-state index in [2.05, 4.69) is 16.4 Å². The molecule has 1 aromatic heterocycles. The van der Waals surface area contributed by atoms with E-state index in [4.69, 9.17) is 24.7 Å². The Hall–Kier alpha value is -2.45. The third-order valence-electron chi connectivity index (χ3n) is 4.24. The van der Waals surface area contributed by atoms with E-state index in [0.29, 0.717) is 82.0 Å². The highest BCUT2D eigenvalue weighted by Crippen LogP contribution is 2.30. The molecule has 0 saturated carbocycles. The van der Waals surface area contributed by atoms with Gasteiger partial charge < -0.3 is 34.9 Å². The molecular formula is C20H33N5O5. The Bertz CT molecular complexity index is 708. The summed E-state index contributed by atoms with van der Waals surface area (Å²) in [6, 6.07) is 2.17. The summed E-state index contributed by atoms with van der Waals surface area (Å²) in [5, 5.41) is 12.2. The lowest BCUT2D eigenvalue weighted by Gasteiger charge is -2.25. The van der Waals surface area contributed by atoms with Gasteiger partial charge in [-0.15, -0.1) is 0 Å². The Kier molecular flexibility index (Phi) is 12.4. The van der Waals surface area contributed by atoms with E-state index in [1.165, 1.54) is 6.92 Å². The molecule has 10 heteroatoms. The van der Waals surface area contributed by atoms with Crippen LogP contribution < -0.4 is 16.0 Å². The molecule has 0 aliphatic carbocycles. The predicted octanol–water partition coefficient (Wildman–Crippen LogP) is 1.32. The lowest BCUT2D eigenvalue weighted by molar-refractivity contribution is -0.114. The van der Waals surface area contributed by atoms with Crippen molar-refractivity contribution in [1.29, 1.82) is 5.26 Å². The molecule has 1 aromatic rings. The molecule has 0 atom stereocenters. The number of rotatable bonds is 15. The molecule has 0 aliphatic rings. The van der Waals surface area contributed by atoms with Crippen LogP contribution in [0.4, 0.5) is 17.3 Å². The van der Waals surface area contributed by atoms with Crippen molar-refractivity contribution in [2.75, 3.05) is 82.4 Å². The molecule has 10 nitrogen and oxygen atoms in total. The first-order chi connectivity index (χ1) is 14.5. The summed E-state index contributed by atoms with van der Waals surface area (Å²) in [7, 11) is 1.63. The maximum atomic E-state index is 11.4. The van der Waals surface area contributed by atoms with Gasteiger partial charge in [0.25, 0.3) is 0 Å². The maximum Gasteiger partial charge on any atom is 0.222 e. The predicted molar refractivity (Wildman–Crippen MR) is 115 cm³/mol. The number of ether oxygens (including phenoxy) is 4. The number of anilines is 3. The van der Waals surface area contributed by atoms with Crippen LogP contribution in [0.1, 0.15) is 25.0 Å². The van der Waals surface area contributed by atoms with Crippen molar-refractivity contribution < 1.29 is 23.7 Å². The van der Waals surface area contributed by atoms with Gasteiger partial charge >= 0.3 is 0 Å². The highest BCUT2D eigenvalue weighted by atomic mass is 16.6. The molecule has 0 aromatic carbocycles. The molecule has 0 aliphatic heterocycles. The van der Waals surface area contributed by atoms with Gasteiger partial charge in [-0.05, 0) is 19.4 Å². The Balaban J connectivity index is 2.53. The molecular weight excluding hydrogens is 390 g/mol. The second kappa shape index (κ2) is 14.5. The van der Waals surface area contributed by atoms with Gasteiger partial charge in [0.05, 0.1) is 57.5 Å². The zero-order chi connectivity index (χ0) is 22.4. The van der Waals surface area contributed by atoms with Crippen molar-refractivity contribution in [3.05, 3.63) is 11.1 Å².